The third-order valence-electron chi connectivity index (χ3n) is 4.51. The lowest BCUT2D eigenvalue weighted by molar-refractivity contribution is -0.385. The molecule has 3 rings (SSSR count). The summed E-state index contributed by atoms with van der Waals surface area (Å²) < 4.78 is 0. The third-order valence-corrected chi connectivity index (χ3v) is 4.51. The van der Waals surface area contributed by atoms with E-state index in [0.717, 1.165) is 25.1 Å². The molecule has 1 saturated heterocycles. The van der Waals surface area contributed by atoms with Gasteiger partial charge >= 0.3 is 6.03 Å². The molecule has 1 aromatic heterocycles. The number of H-pyrrole nitrogens is 1. The number of hydrogen-bond donors (Lipinski definition) is 2. The summed E-state index contributed by atoms with van der Waals surface area (Å²) in [5, 5.41) is 14.0. The van der Waals surface area contributed by atoms with Gasteiger partial charge in [0.15, 0.2) is 0 Å². The van der Waals surface area contributed by atoms with Gasteiger partial charge in [0, 0.05) is 36.3 Å². The number of urea groups is 1. The van der Waals surface area contributed by atoms with Gasteiger partial charge in [-0.15, -0.1) is 0 Å². The van der Waals surface area contributed by atoms with Gasteiger partial charge in [-0.2, -0.15) is 0 Å². The molecule has 2 amide bonds. The topological polar surface area (TPSA) is 104 Å². The van der Waals surface area contributed by atoms with Gasteiger partial charge in [0.25, 0.3) is 5.69 Å². The number of carbonyl (C=O) groups excluding carboxylic acids is 1. The van der Waals surface area contributed by atoms with E-state index in [1.54, 1.807) is 29.4 Å². The van der Waals surface area contributed by atoms with Crippen LogP contribution in [0.5, 0.6) is 0 Å². The Balaban J connectivity index is 1.79. The number of rotatable bonds is 4. The molecule has 1 atom stereocenters. The Bertz CT molecular complexity index is 760. The molecule has 0 unspecified atom stereocenters. The Morgan fingerprint density at radius 2 is 2.32 bits per heavy atom. The first-order chi connectivity index (χ1) is 12.1. The quantitative estimate of drug-likeness (QED) is 0.653. The molecule has 1 aliphatic heterocycles. The van der Waals surface area contributed by atoms with E-state index in [0.29, 0.717) is 24.2 Å². The standard InChI is InChI=1S/C17H21N5O3/c1-2-12-6-7-13(11-15(12)22(24)25)20-17(23)21-10-4-3-5-14(21)16-18-8-9-19-16/h6-9,11,14H,2-5,10H2,1H3,(H,18,19)(H,20,23)/t14-/m1/s1. The van der Waals surface area contributed by atoms with Crippen molar-refractivity contribution in [2.75, 3.05) is 11.9 Å². The smallest absolute Gasteiger partial charge is 0.322 e. The van der Waals surface area contributed by atoms with Crippen LogP contribution in [0.2, 0.25) is 0 Å². The molecule has 8 heteroatoms. The second-order valence-electron chi connectivity index (χ2n) is 6.06. The fourth-order valence-corrected chi connectivity index (χ4v) is 3.22. The molecule has 2 aromatic rings. The lowest BCUT2D eigenvalue weighted by atomic mass is 10.0. The highest BCUT2D eigenvalue weighted by molar-refractivity contribution is 5.90. The van der Waals surface area contributed by atoms with Gasteiger partial charge in [0.1, 0.15) is 5.82 Å². The second-order valence-corrected chi connectivity index (χ2v) is 6.06. The minimum atomic E-state index is -0.416. The van der Waals surface area contributed by atoms with Gasteiger partial charge in [-0.05, 0) is 31.7 Å². The Labute approximate surface area is 145 Å². The minimum absolute atomic E-state index is 0.0292. The molecule has 0 aliphatic carbocycles. The van der Waals surface area contributed by atoms with E-state index in [9.17, 15) is 14.9 Å². The van der Waals surface area contributed by atoms with Crippen LogP contribution in [0.4, 0.5) is 16.2 Å². The Morgan fingerprint density at radius 3 is 3.00 bits per heavy atom. The molecule has 2 N–H and O–H groups in total. The van der Waals surface area contributed by atoms with Crippen LogP contribution >= 0.6 is 0 Å². The number of likely N-dealkylation sites (tertiary alicyclic amines) is 1. The molecule has 25 heavy (non-hydrogen) atoms. The van der Waals surface area contributed by atoms with E-state index in [4.69, 9.17) is 0 Å². The number of nitro benzene ring substituents is 1. The average molecular weight is 343 g/mol. The predicted molar refractivity (Wildman–Crippen MR) is 93.4 cm³/mol. The molecule has 0 saturated carbocycles. The van der Waals surface area contributed by atoms with Crippen LogP contribution < -0.4 is 5.32 Å². The van der Waals surface area contributed by atoms with Gasteiger partial charge in [-0.3, -0.25) is 10.1 Å². The van der Waals surface area contributed by atoms with Gasteiger partial charge in [0.2, 0.25) is 0 Å². The molecule has 0 radical (unpaired) electrons. The fourth-order valence-electron chi connectivity index (χ4n) is 3.22. The van der Waals surface area contributed by atoms with Crippen molar-refractivity contribution in [1.82, 2.24) is 14.9 Å². The number of nitrogens with one attached hydrogen (secondary N) is 2. The summed E-state index contributed by atoms with van der Waals surface area (Å²) in [6, 6.07) is 4.44. The van der Waals surface area contributed by atoms with Crippen molar-refractivity contribution < 1.29 is 9.72 Å². The number of carbonyl (C=O) groups is 1. The monoisotopic (exact) mass is 343 g/mol. The van der Waals surface area contributed by atoms with Crippen LogP contribution in [0.25, 0.3) is 0 Å². The first-order valence-electron chi connectivity index (χ1n) is 8.44. The first kappa shape index (κ1) is 16.9. The summed E-state index contributed by atoms with van der Waals surface area (Å²) in [7, 11) is 0. The Hall–Kier alpha value is -2.90. The van der Waals surface area contributed by atoms with E-state index in [2.05, 4.69) is 15.3 Å². The van der Waals surface area contributed by atoms with Crippen LogP contribution in [0.1, 0.15) is 43.6 Å². The second kappa shape index (κ2) is 7.33. The molecular weight excluding hydrogens is 322 g/mol. The maximum absolute atomic E-state index is 12.7. The number of aryl methyl sites for hydroxylation is 1. The van der Waals surface area contributed by atoms with E-state index >= 15 is 0 Å². The van der Waals surface area contributed by atoms with Crippen molar-refractivity contribution in [2.45, 2.75) is 38.6 Å². The van der Waals surface area contributed by atoms with Crippen LogP contribution in [0.3, 0.4) is 0 Å². The van der Waals surface area contributed by atoms with Crippen molar-refractivity contribution in [3.05, 3.63) is 52.1 Å². The number of aromatic amines is 1. The summed E-state index contributed by atoms with van der Waals surface area (Å²) >= 11 is 0. The molecular formula is C17H21N5O3. The van der Waals surface area contributed by atoms with Crippen molar-refractivity contribution in [1.29, 1.82) is 0 Å². The normalized spacial score (nSPS) is 17.3. The van der Waals surface area contributed by atoms with Crippen LogP contribution in [-0.2, 0) is 6.42 Å². The van der Waals surface area contributed by atoms with Gasteiger partial charge in [0.05, 0.1) is 11.0 Å². The van der Waals surface area contributed by atoms with E-state index in [-0.39, 0.29) is 17.8 Å². The van der Waals surface area contributed by atoms with Crippen LogP contribution in [0.15, 0.2) is 30.6 Å². The number of nitrogens with zero attached hydrogens (tertiary/aromatic N) is 3. The van der Waals surface area contributed by atoms with Crippen molar-refractivity contribution in [2.24, 2.45) is 0 Å². The molecule has 1 fully saturated rings. The van der Waals surface area contributed by atoms with Crippen molar-refractivity contribution in [3.63, 3.8) is 0 Å². The molecule has 1 aliphatic rings. The van der Waals surface area contributed by atoms with E-state index in [1.165, 1.54) is 6.07 Å². The molecule has 0 spiro atoms. The Kier molecular flexibility index (Phi) is 4.97. The maximum atomic E-state index is 12.7. The minimum Gasteiger partial charge on any atom is -0.347 e. The average Bonchev–Trinajstić information content (AvgIpc) is 3.16. The zero-order valence-corrected chi connectivity index (χ0v) is 14.1. The zero-order chi connectivity index (χ0) is 17.8. The first-order valence-corrected chi connectivity index (χ1v) is 8.44. The molecule has 1 aromatic carbocycles. The van der Waals surface area contributed by atoms with Gasteiger partial charge in [-0.25, -0.2) is 9.78 Å². The number of aromatic nitrogens is 2. The van der Waals surface area contributed by atoms with Crippen LogP contribution in [-0.4, -0.2) is 32.4 Å². The van der Waals surface area contributed by atoms with Gasteiger partial charge < -0.3 is 15.2 Å². The number of imidazole rings is 1. The SMILES string of the molecule is CCc1ccc(NC(=O)N2CCCC[C@@H]2c2ncc[nH]2)cc1[N+](=O)[O-]. The summed E-state index contributed by atoms with van der Waals surface area (Å²) in [6.07, 6.45) is 6.79. The molecule has 2 heterocycles. The molecule has 8 nitrogen and oxygen atoms in total. The lowest BCUT2D eigenvalue weighted by Gasteiger charge is -2.34. The Morgan fingerprint density at radius 1 is 1.48 bits per heavy atom. The largest absolute Gasteiger partial charge is 0.347 e. The molecule has 0 bridgehead atoms. The summed E-state index contributed by atoms with van der Waals surface area (Å²) in [5.41, 5.74) is 1.11. The number of anilines is 1. The summed E-state index contributed by atoms with van der Waals surface area (Å²) in [6.45, 7) is 2.49. The van der Waals surface area contributed by atoms with Crippen LogP contribution in [0, 0.1) is 10.1 Å². The highest BCUT2D eigenvalue weighted by atomic mass is 16.6. The number of amides is 2. The van der Waals surface area contributed by atoms with E-state index in [1.807, 2.05) is 6.92 Å². The van der Waals surface area contributed by atoms with Gasteiger partial charge in [-0.1, -0.05) is 13.0 Å². The zero-order valence-electron chi connectivity index (χ0n) is 14.1. The maximum Gasteiger partial charge on any atom is 0.322 e. The number of piperidine rings is 1. The predicted octanol–water partition coefficient (Wildman–Crippen LogP) is 3.64. The summed E-state index contributed by atoms with van der Waals surface area (Å²) in [5.74, 6) is 0.766. The lowest BCUT2D eigenvalue weighted by Crippen LogP contribution is -2.41. The number of nitro groups is 1. The van der Waals surface area contributed by atoms with E-state index < -0.39 is 4.92 Å². The number of hydrogen-bond acceptors (Lipinski definition) is 4. The van der Waals surface area contributed by atoms with Crippen molar-refractivity contribution >= 4 is 17.4 Å². The number of benzene rings is 1. The highest BCUT2D eigenvalue weighted by Crippen LogP contribution is 2.30. The molecule has 132 valence electrons. The third kappa shape index (κ3) is 3.62. The van der Waals surface area contributed by atoms with Crippen molar-refractivity contribution in [3.8, 4) is 0 Å². The fraction of sp³-hybridized carbons (Fsp3) is 0.412. The summed E-state index contributed by atoms with van der Waals surface area (Å²) in [4.78, 5) is 32.6. The highest BCUT2D eigenvalue weighted by Gasteiger charge is 2.29.